The van der Waals surface area contributed by atoms with Crippen molar-refractivity contribution in [3.63, 3.8) is 0 Å². The zero-order chi connectivity index (χ0) is 25.4. The van der Waals surface area contributed by atoms with E-state index in [1.54, 1.807) is 43.3 Å². The summed E-state index contributed by atoms with van der Waals surface area (Å²) in [5.41, 5.74) is 2.38. The molecule has 0 saturated heterocycles. The number of benzene rings is 2. The number of carbonyl (C=O) groups excluding carboxylic acids is 2. The molecule has 3 aromatic rings. The van der Waals surface area contributed by atoms with E-state index in [-0.39, 0.29) is 24.8 Å². The van der Waals surface area contributed by atoms with Gasteiger partial charge in [0.2, 0.25) is 0 Å². The molecule has 2 amide bonds. The van der Waals surface area contributed by atoms with Crippen LogP contribution in [0.4, 0.5) is 5.69 Å². The van der Waals surface area contributed by atoms with E-state index < -0.39 is 11.9 Å². The fourth-order valence-electron chi connectivity index (χ4n) is 4.12. The lowest BCUT2D eigenvalue weighted by atomic mass is 9.99. The van der Waals surface area contributed by atoms with Crippen molar-refractivity contribution in [2.45, 2.75) is 33.6 Å². The van der Waals surface area contributed by atoms with Crippen molar-refractivity contribution >= 4 is 40.8 Å². The quantitative estimate of drug-likeness (QED) is 0.397. The minimum absolute atomic E-state index is 0. The Morgan fingerprint density at radius 2 is 1.86 bits per heavy atom. The Morgan fingerprint density at radius 3 is 2.54 bits per heavy atom. The van der Waals surface area contributed by atoms with Crippen molar-refractivity contribution in [2.24, 2.45) is 16.9 Å². The minimum atomic E-state index is -1.04. The van der Waals surface area contributed by atoms with Crippen molar-refractivity contribution in [3.05, 3.63) is 76.5 Å². The molecule has 37 heavy (non-hydrogen) atoms. The fourth-order valence-corrected chi connectivity index (χ4v) is 4.32. The Hall–Kier alpha value is -3.91. The topological polar surface area (TPSA) is 112 Å². The highest BCUT2D eigenvalue weighted by Gasteiger charge is 2.35. The summed E-state index contributed by atoms with van der Waals surface area (Å²) < 4.78 is 6.03. The van der Waals surface area contributed by atoms with Gasteiger partial charge in [0.1, 0.15) is 11.5 Å². The maximum Gasteiger partial charge on any atom is 0.335 e. The van der Waals surface area contributed by atoms with E-state index in [0.717, 1.165) is 12.8 Å². The number of amides is 2. The Bertz CT molecular complexity index is 1370. The summed E-state index contributed by atoms with van der Waals surface area (Å²) in [4.78, 5) is 36.7. The highest BCUT2D eigenvalue weighted by molar-refractivity contribution is 6.34. The van der Waals surface area contributed by atoms with E-state index in [1.807, 2.05) is 6.07 Å². The van der Waals surface area contributed by atoms with Gasteiger partial charge in [-0.1, -0.05) is 19.0 Å². The molecule has 8 nitrogen and oxygen atoms in total. The summed E-state index contributed by atoms with van der Waals surface area (Å²) in [5, 5.41) is 18.1. The molecule has 1 aliphatic carbocycles. The van der Waals surface area contributed by atoms with E-state index in [4.69, 9.17) is 21.1 Å². The zero-order valence-electron chi connectivity index (χ0n) is 19.5. The summed E-state index contributed by atoms with van der Waals surface area (Å²) >= 11 is 6.27. The molecule has 1 unspecified atom stereocenters. The van der Waals surface area contributed by atoms with Gasteiger partial charge in [-0.3, -0.25) is 9.59 Å². The molecule has 1 fully saturated rings. The predicted octanol–water partition coefficient (Wildman–Crippen LogP) is 5.66. The van der Waals surface area contributed by atoms with Gasteiger partial charge in [0.25, 0.3) is 11.8 Å². The van der Waals surface area contributed by atoms with Crippen molar-refractivity contribution in [1.29, 1.82) is 0 Å². The highest BCUT2D eigenvalue weighted by Crippen LogP contribution is 2.31. The van der Waals surface area contributed by atoms with Crippen LogP contribution >= 0.6 is 11.6 Å². The molecule has 1 atom stereocenters. The highest BCUT2D eigenvalue weighted by atomic mass is 35.5. The van der Waals surface area contributed by atoms with Gasteiger partial charge < -0.3 is 14.8 Å². The number of hydrogen-bond acceptors (Lipinski definition) is 5. The van der Waals surface area contributed by atoms with Gasteiger partial charge in [0.15, 0.2) is 0 Å². The van der Waals surface area contributed by atoms with Crippen LogP contribution in [0.25, 0.3) is 11.3 Å². The molecule has 2 aromatic carbocycles. The van der Waals surface area contributed by atoms with Crippen LogP contribution in [0.2, 0.25) is 5.02 Å². The standard InChI is InChI=1S/C27H24ClN3O5.CH4/c1-15-21(26(33)31(30-15)19-7-4-17(5-8-19)27(34)35)13-20-9-11-24(36-20)18-6-10-23(28)22(12-18)25(32)29-14-16-2-3-16;/h4-12,16,21H,2-3,13-14H2,1H3,(H,29,32)(H,34,35);1H4. The molecule has 0 radical (unpaired) electrons. The zero-order valence-corrected chi connectivity index (χ0v) is 20.3. The number of carboxylic acid groups (broad SMARTS) is 1. The number of hydrogen-bond donors (Lipinski definition) is 2. The summed E-state index contributed by atoms with van der Waals surface area (Å²) in [7, 11) is 0. The second kappa shape index (κ2) is 10.6. The Morgan fingerprint density at radius 1 is 1.14 bits per heavy atom. The van der Waals surface area contributed by atoms with E-state index in [2.05, 4.69) is 10.4 Å². The van der Waals surface area contributed by atoms with Gasteiger partial charge in [-0.05, 0) is 80.3 Å². The van der Waals surface area contributed by atoms with Crippen LogP contribution in [0.5, 0.6) is 0 Å². The maximum atomic E-state index is 13.1. The molecule has 2 N–H and O–H groups in total. The first-order valence-electron chi connectivity index (χ1n) is 11.7. The molecule has 192 valence electrons. The van der Waals surface area contributed by atoms with Crippen molar-refractivity contribution in [1.82, 2.24) is 5.32 Å². The third kappa shape index (κ3) is 5.59. The normalized spacial score (nSPS) is 16.8. The number of anilines is 1. The summed E-state index contributed by atoms with van der Waals surface area (Å²) in [6, 6.07) is 14.8. The largest absolute Gasteiger partial charge is 0.478 e. The van der Waals surface area contributed by atoms with Gasteiger partial charge in [-0.15, -0.1) is 0 Å². The predicted molar refractivity (Wildman–Crippen MR) is 142 cm³/mol. The molecule has 0 bridgehead atoms. The lowest BCUT2D eigenvalue weighted by molar-refractivity contribution is -0.119. The summed E-state index contributed by atoms with van der Waals surface area (Å²) in [6.07, 6.45) is 2.61. The molecule has 2 aliphatic rings. The Kier molecular flexibility index (Phi) is 7.50. The van der Waals surface area contributed by atoms with Crippen LogP contribution in [0.1, 0.15) is 53.7 Å². The maximum absolute atomic E-state index is 13.1. The first-order valence-corrected chi connectivity index (χ1v) is 12.1. The molecular weight excluding hydrogens is 494 g/mol. The SMILES string of the molecule is C.CC1=NN(c2ccc(C(=O)O)cc2)C(=O)C1Cc1ccc(-c2ccc(Cl)c(C(=O)NCC3CC3)c2)o1. The monoisotopic (exact) mass is 521 g/mol. The lowest BCUT2D eigenvalue weighted by Crippen LogP contribution is -2.28. The number of carboxylic acids is 1. The third-order valence-electron chi connectivity index (χ3n) is 6.44. The van der Waals surface area contributed by atoms with E-state index >= 15 is 0 Å². The van der Waals surface area contributed by atoms with Crippen molar-refractivity contribution in [3.8, 4) is 11.3 Å². The number of hydrazone groups is 1. The van der Waals surface area contributed by atoms with Crippen LogP contribution in [-0.2, 0) is 11.2 Å². The van der Waals surface area contributed by atoms with Crippen molar-refractivity contribution in [2.75, 3.05) is 11.6 Å². The van der Waals surface area contributed by atoms with Crippen LogP contribution in [-0.4, -0.2) is 35.1 Å². The van der Waals surface area contributed by atoms with Gasteiger partial charge in [0, 0.05) is 24.2 Å². The second-order valence-corrected chi connectivity index (χ2v) is 9.52. The lowest BCUT2D eigenvalue weighted by Gasteiger charge is -2.14. The Labute approximate surface area is 219 Å². The Balaban J connectivity index is 0.00000320. The van der Waals surface area contributed by atoms with Gasteiger partial charge in [-0.25, -0.2) is 9.80 Å². The van der Waals surface area contributed by atoms with Gasteiger partial charge >= 0.3 is 5.97 Å². The van der Waals surface area contributed by atoms with Crippen LogP contribution in [0, 0.1) is 11.8 Å². The fraction of sp³-hybridized carbons (Fsp3) is 0.286. The molecule has 2 heterocycles. The van der Waals surface area contributed by atoms with E-state index in [9.17, 15) is 14.4 Å². The van der Waals surface area contributed by atoms with Gasteiger partial charge in [0.05, 0.1) is 27.8 Å². The minimum Gasteiger partial charge on any atom is -0.478 e. The molecule has 0 spiro atoms. The number of halogens is 1. The average Bonchev–Trinajstić information content (AvgIpc) is 3.52. The number of furan rings is 1. The first-order chi connectivity index (χ1) is 17.3. The van der Waals surface area contributed by atoms with Crippen LogP contribution in [0.15, 0.2) is 64.1 Å². The third-order valence-corrected chi connectivity index (χ3v) is 6.77. The first kappa shape index (κ1) is 26.2. The smallest absolute Gasteiger partial charge is 0.335 e. The van der Waals surface area contributed by atoms with E-state index in [1.165, 1.54) is 17.1 Å². The molecule has 9 heteroatoms. The number of carbonyl (C=O) groups is 3. The number of aromatic carboxylic acids is 1. The van der Waals surface area contributed by atoms with Crippen molar-refractivity contribution < 1.29 is 23.9 Å². The van der Waals surface area contributed by atoms with E-state index in [0.29, 0.717) is 58.0 Å². The molecule has 1 aliphatic heterocycles. The molecular formula is C28H28ClN3O5. The van der Waals surface area contributed by atoms with Crippen LogP contribution < -0.4 is 10.3 Å². The summed E-state index contributed by atoms with van der Waals surface area (Å²) in [5.74, 6) is -0.220. The average molecular weight is 522 g/mol. The molecule has 1 saturated carbocycles. The van der Waals surface area contributed by atoms with Crippen LogP contribution in [0.3, 0.4) is 0 Å². The second-order valence-electron chi connectivity index (χ2n) is 9.11. The number of nitrogens with one attached hydrogen (secondary N) is 1. The molecule has 1 aromatic heterocycles. The number of rotatable bonds is 8. The molecule has 5 rings (SSSR count). The number of nitrogens with zero attached hydrogens (tertiary/aromatic N) is 2. The van der Waals surface area contributed by atoms with Gasteiger partial charge in [-0.2, -0.15) is 5.10 Å². The summed E-state index contributed by atoms with van der Waals surface area (Å²) in [6.45, 7) is 2.44.